The molecule has 1 saturated carbocycles. The van der Waals surface area contributed by atoms with E-state index in [4.69, 9.17) is 5.73 Å². The molecule has 0 aliphatic heterocycles. The van der Waals surface area contributed by atoms with E-state index in [1.807, 2.05) is 0 Å². The molecular formula is C14H19N3O2. The molecule has 0 heterocycles. The number of rotatable bonds is 4. The van der Waals surface area contributed by atoms with Gasteiger partial charge >= 0.3 is 0 Å². The minimum atomic E-state index is -0.986. The normalized spacial score (nSPS) is 14.9. The van der Waals surface area contributed by atoms with E-state index in [2.05, 4.69) is 10.6 Å². The van der Waals surface area contributed by atoms with Gasteiger partial charge in [-0.1, -0.05) is 12.1 Å². The van der Waals surface area contributed by atoms with Gasteiger partial charge in [-0.25, -0.2) is 0 Å². The van der Waals surface area contributed by atoms with Gasteiger partial charge in [-0.3, -0.25) is 9.59 Å². The Labute approximate surface area is 112 Å². The molecule has 2 amide bonds. The van der Waals surface area contributed by atoms with E-state index < -0.39 is 5.54 Å². The van der Waals surface area contributed by atoms with Gasteiger partial charge in [0.1, 0.15) is 0 Å². The molecule has 4 N–H and O–H groups in total. The average molecular weight is 261 g/mol. The van der Waals surface area contributed by atoms with Crippen molar-refractivity contribution in [1.82, 2.24) is 5.32 Å². The first-order chi connectivity index (χ1) is 8.88. The second-order valence-corrected chi connectivity index (χ2v) is 5.47. The molecule has 1 aliphatic carbocycles. The van der Waals surface area contributed by atoms with Crippen LogP contribution in [0.4, 0.5) is 5.69 Å². The molecule has 0 spiro atoms. The van der Waals surface area contributed by atoms with Crippen molar-refractivity contribution in [3.05, 3.63) is 29.8 Å². The second-order valence-electron chi connectivity index (χ2n) is 5.47. The van der Waals surface area contributed by atoms with E-state index in [9.17, 15) is 9.59 Å². The molecule has 0 atom stereocenters. The molecule has 0 radical (unpaired) electrons. The highest BCUT2D eigenvalue weighted by Gasteiger charge is 2.26. The molecule has 0 aromatic heterocycles. The molecule has 0 unspecified atom stereocenters. The maximum atomic E-state index is 12.1. The Morgan fingerprint density at radius 1 is 1.26 bits per heavy atom. The van der Waals surface area contributed by atoms with Gasteiger partial charge in [-0.15, -0.1) is 0 Å². The van der Waals surface area contributed by atoms with Crippen molar-refractivity contribution in [2.24, 2.45) is 5.73 Å². The van der Waals surface area contributed by atoms with Gasteiger partial charge in [0, 0.05) is 6.04 Å². The molecule has 5 heteroatoms. The fourth-order valence-electron chi connectivity index (χ4n) is 1.56. The molecule has 1 aliphatic rings. The first-order valence-electron chi connectivity index (χ1n) is 6.38. The van der Waals surface area contributed by atoms with Crippen molar-refractivity contribution in [2.45, 2.75) is 38.3 Å². The molecule has 0 bridgehead atoms. The average Bonchev–Trinajstić information content (AvgIpc) is 3.12. The van der Waals surface area contributed by atoms with Gasteiger partial charge in [-0.2, -0.15) is 0 Å². The molecule has 5 nitrogen and oxygen atoms in total. The third-order valence-corrected chi connectivity index (χ3v) is 2.92. The van der Waals surface area contributed by atoms with Crippen LogP contribution in [0.15, 0.2) is 24.3 Å². The Hall–Kier alpha value is -1.88. The number of hydrogen-bond acceptors (Lipinski definition) is 3. The summed E-state index contributed by atoms with van der Waals surface area (Å²) in [5.41, 5.74) is 5.70. The van der Waals surface area contributed by atoms with Crippen LogP contribution in [0.5, 0.6) is 0 Å². The summed E-state index contributed by atoms with van der Waals surface area (Å²) in [5, 5.41) is 5.60. The van der Waals surface area contributed by atoms with Crippen LogP contribution in [-0.4, -0.2) is 23.4 Å². The lowest BCUT2D eigenvalue weighted by molar-refractivity contribution is -0.120. The van der Waals surface area contributed by atoms with Crippen molar-refractivity contribution in [2.75, 3.05) is 5.32 Å². The summed E-state index contributed by atoms with van der Waals surface area (Å²) >= 11 is 0. The lowest BCUT2D eigenvalue weighted by Gasteiger charge is -2.19. The zero-order valence-electron chi connectivity index (χ0n) is 11.2. The van der Waals surface area contributed by atoms with Crippen LogP contribution >= 0.6 is 0 Å². The highest BCUT2D eigenvalue weighted by Crippen LogP contribution is 2.21. The monoisotopic (exact) mass is 261 g/mol. The quantitative estimate of drug-likeness (QED) is 0.762. The van der Waals surface area contributed by atoms with Crippen LogP contribution in [0.2, 0.25) is 0 Å². The van der Waals surface area contributed by atoms with E-state index in [-0.39, 0.29) is 17.9 Å². The Bertz CT molecular complexity index is 502. The van der Waals surface area contributed by atoms with E-state index in [1.165, 1.54) is 0 Å². The Morgan fingerprint density at radius 3 is 2.47 bits per heavy atom. The van der Waals surface area contributed by atoms with Crippen molar-refractivity contribution >= 4 is 17.5 Å². The fraction of sp³-hybridized carbons (Fsp3) is 0.429. The summed E-state index contributed by atoms with van der Waals surface area (Å²) in [7, 11) is 0. The molecule has 1 fully saturated rings. The smallest absolute Gasteiger partial charge is 0.253 e. The third-order valence-electron chi connectivity index (χ3n) is 2.92. The lowest BCUT2D eigenvalue weighted by Crippen LogP contribution is -2.45. The molecule has 0 saturated heterocycles. The van der Waals surface area contributed by atoms with Gasteiger partial charge in [0.05, 0.1) is 16.8 Å². The number of benzene rings is 1. The van der Waals surface area contributed by atoms with Crippen molar-refractivity contribution in [1.29, 1.82) is 0 Å². The summed E-state index contributed by atoms with van der Waals surface area (Å²) in [5.74, 6) is -0.479. The van der Waals surface area contributed by atoms with Crippen molar-refractivity contribution in [3.63, 3.8) is 0 Å². The SMILES string of the molecule is CC(C)(N)C(=O)Nc1ccccc1C(=O)NC1CC1. The second kappa shape index (κ2) is 5.01. The summed E-state index contributed by atoms with van der Waals surface area (Å²) in [4.78, 5) is 23.9. The first kappa shape index (κ1) is 13.5. The van der Waals surface area contributed by atoms with E-state index in [0.29, 0.717) is 11.3 Å². The minimum absolute atomic E-state index is 0.159. The van der Waals surface area contributed by atoms with Crippen LogP contribution in [0.3, 0.4) is 0 Å². The standard InChI is InChI=1S/C14H19N3O2/c1-14(2,15)13(19)17-11-6-4-3-5-10(11)12(18)16-9-7-8-9/h3-6,9H,7-8,15H2,1-2H3,(H,16,18)(H,17,19). The zero-order valence-corrected chi connectivity index (χ0v) is 11.2. The first-order valence-corrected chi connectivity index (χ1v) is 6.38. The summed E-state index contributed by atoms with van der Waals surface area (Å²) in [6.45, 7) is 3.24. The van der Waals surface area contributed by atoms with Gasteiger partial charge in [0.15, 0.2) is 0 Å². The highest BCUT2D eigenvalue weighted by atomic mass is 16.2. The van der Waals surface area contributed by atoms with Gasteiger partial charge < -0.3 is 16.4 Å². The Kier molecular flexibility index (Phi) is 3.57. The maximum absolute atomic E-state index is 12.1. The predicted octanol–water partition coefficient (Wildman–Crippen LogP) is 1.25. The highest BCUT2D eigenvalue weighted by molar-refractivity contribution is 6.05. The minimum Gasteiger partial charge on any atom is -0.349 e. The van der Waals surface area contributed by atoms with Gasteiger partial charge in [0.25, 0.3) is 5.91 Å². The number of carbonyl (C=O) groups excluding carboxylic acids is 2. The van der Waals surface area contributed by atoms with Crippen molar-refractivity contribution in [3.8, 4) is 0 Å². The predicted molar refractivity (Wildman–Crippen MR) is 73.8 cm³/mol. The van der Waals surface area contributed by atoms with Crippen LogP contribution in [0.25, 0.3) is 0 Å². The Morgan fingerprint density at radius 2 is 1.89 bits per heavy atom. The fourth-order valence-corrected chi connectivity index (χ4v) is 1.56. The van der Waals surface area contributed by atoms with Crippen LogP contribution in [0.1, 0.15) is 37.0 Å². The molecular weight excluding hydrogens is 242 g/mol. The Balaban J connectivity index is 2.15. The zero-order chi connectivity index (χ0) is 14.0. The largest absolute Gasteiger partial charge is 0.349 e. The van der Waals surface area contributed by atoms with Gasteiger partial charge in [-0.05, 0) is 38.8 Å². The summed E-state index contributed by atoms with van der Waals surface area (Å²) in [6, 6.07) is 7.21. The number of carbonyl (C=O) groups is 2. The van der Waals surface area contributed by atoms with Crippen LogP contribution in [-0.2, 0) is 4.79 Å². The van der Waals surface area contributed by atoms with Crippen LogP contribution in [0, 0.1) is 0 Å². The molecule has 1 aromatic carbocycles. The van der Waals surface area contributed by atoms with Crippen molar-refractivity contribution < 1.29 is 9.59 Å². The number of anilines is 1. The lowest BCUT2D eigenvalue weighted by atomic mass is 10.1. The number of nitrogens with two attached hydrogens (primary N) is 1. The van der Waals surface area contributed by atoms with E-state index >= 15 is 0 Å². The summed E-state index contributed by atoms with van der Waals surface area (Å²) < 4.78 is 0. The van der Waals surface area contributed by atoms with E-state index in [1.54, 1.807) is 38.1 Å². The maximum Gasteiger partial charge on any atom is 0.253 e. The molecule has 2 rings (SSSR count). The molecule has 19 heavy (non-hydrogen) atoms. The van der Waals surface area contributed by atoms with Gasteiger partial charge in [0.2, 0.25) is 5.91 Å². The third kappa shape index (κ3) is 3.54. The van der Waals surface area contributed by atoms with E-state index in [0.717, 1.165) is 12.8 Å². The number of hydrogen-bond donors (Lipinski definition) is 3. The number of amides is 2. The molecule has 102 valence electrons. The van der Waals surface area contributed by atoms with Crippen LogP contribution < -0.4 is 16.4 Å². The number of para-hydroxylation sites is 1. The molecule has 1 aromatic rings. The summed E-state index contributed by atoms with van der Waals surface area (Å²) in [6.07, 6.45) is 2.05. The number of nitrogens with one attached hydrogen (secondary N) is 2. The topological polar surface area (TPSA) is 84.2 Å².